The third kappa shape index (κ3) is 4.22. The first-order valence-corrected chi connectivity index (χ1v) is 7.19. The van der Waals surface area contributed by atoms with Gasteiger partial charge in [0.05, 0.1) is 11.6 Å². The Kier molecular flexibility index (Phi) is 4.99. The zero-order valence-corrected chi connectivity index (χ0v) is 11.9. The quantitative estimate of drug-likeness (QED) is 0.761. The lowest BCUT2D eigenvalue weighted by atomic mass is 10.0. The van der Waals surface area contributed by atoms with Gasteiger partial charge in [-0.2, -0.15) is 5.26 Å². The Bertz CT molecular complexity index is 460. The van der Waals surface area contributed by atoms with Crippen LogP contribution < -0.4 is 10.1 Å². The van der Waals surface area contributed by atoms with E-state index in [1.54, 1.807) is 24.3 Å². The van der Waals surface area contributed by atoms with Crippen molar-refractivity contribution >= 4 is 0 Å². The highest BCUT2D eigenvalue weighted by Gasteiger charge is 2.39. The number of nitrogens with zero attached hydrogens (tertiary/aromatic N) is 1. The van der Waals surface area contributed by atoms with Gasteiger partial charge in [0.1, 0.15) is 18.5 Å². The summed E-state index contributed by atoms with van der Waals surface area (Å²) in [5.41, 5.74) is 1.10. The normalized spacial score (nSPS) is 17.2. The maximum absolute atomic E-state index is 9.86. The van der Waals surface area contributed by atoms with Gasteiger partial charge in [0.25, 0.3) is 0 Å². The number of rotatable bonds is 8. The largest absolute Gasteiger partial charge is 0.491 e. The number of hydrogen-bond acceptors (Lipinski definition) is 4. The number of nitrogens with one attached hydrogen (secondary N) is 1. The van der Waals surface area contributed by atoms with Crippen LogP contribution in [0.15, 0.2) is 24.3 Å². The lowest BCUT2D eigenvalue weighted by Crippen LogP contribution is -2.34. The van der Waals surface area contributed by atoms with Crippen molar-refractivity contribution in [3.05, 3.63) is 29.8 Å². The maximum atomic E-state index is 9.86. The van der Waals surface area contributed by atoms with E-state index in [4.69, 9.17) is 10.00 Å². The fourth-order valence-electron chi connectivity index (χ4n) is 2.21. The van der Waals surface area contributed by atoms with Gasteiger partial charge in [-0.25, -0.2) is 0 Å². The highest BCUT2D eigenvalue weighted by Crippen LogP contribution is 2.47. The van der Waals surface area contributed by atoms with Crippen LogP contribution in [-0.2, 0) is 0 Å². The van der Waals surface area contributed by atoms with Gasteiger partial charge >= 0.3 is 0 Å². The molecule has 0 aromatic heterocycles. The van der Waals surface area contributed by atoms with E-state index in [9.17, 15) is 5.11 Å². The minimum atomic E-state index is -0.515. The van der Waals surface area contributed by atoms with E-state index in [0.29, 0.717) is 23.3 Å². The van der Waals surface area contributed by atoms with E-state index in [2.05, 4.69) is 18.3 Å². The molecule has 0 spiro atoms. The molecule has 1 saturated carbocycles. The van der Waals surface area contributed by atoms with Crippen LogP contribution in [0.1, 0.15) is 31.7 Å². The fraction of sp³-hybridized carbons (Fsp3) is 0.562. The predicted octanol–water partition coefficient (Wildman–Crippen LogP) is 2.08. The van der Waals surface area contributed by atoms with Crippen molar-refractivity contribution in [1.29, 1.82) is 5.26 Å². The van der Waals surface area contributed by atoms with E-state index >= 15 is 0 Å². The van der Waals surface area contributed by atoms with Crippen LogP contribution in [0.3, 0.4) is 0 Å². The van der Waals surface area contributed by atoms with E-state index in [0.717, 1.165) is 6.54 Å². The summed E-state index contributed by atoms with van der Waals surface area (Å²) in [5.74, 6) is 0.676. The number of hydrogen-bond donors (Lipinski definition) is 2. The SMILES string of the molecule is CCC1(CNCC(O)COc2ccc(C#N)cc2)CC1. The molecular weight excluding hydrogens is 252 g/mol. The van der Waals surface area contributed by atoms with Gasteiger partial charge in [-0.15, -0.1) is 0 Å². The molecule has 1 aliphatic rings. The molecule has 0 amide bonds. The molecule has 0 bridgehead atoms. The van der Waals surface area contributed by atoms with E-state index in [1.807, 2.05) is 0 Å². The van der Waals surface area contributed by atoms with Crippen molar-refractivity contribution in [2.45, 2.75) is 32.3 Å². The Balaban J connectivity index is 1.64. The summed E-state index contributed by atoms with van der Waals surface area (Å²) >= 11 is 0. The van der Waals surface area contributed by atoms with Crippen LogP contribution in [0.25, 0.3) is 0 Å². The second-order valence-electron chi connectivity index (χ2n) is 5.59. The van der Waals surface area contributed by atoms with Crippen molar-refractivity contribution in [3.63, 3.8) is 0 Å². The molecule has 1 aromatic carbocycles. The molecule has 2 rings (SSSR count). The topological polar surface area (TPSA) is 65.3 Å². The number of nitriles is 1. The first-order valence-electron chi connectivity index (χ1n) is 7.19. The average molecular weight is 274 g/mol. The molecule has 2 N–H and O–H groups in total. The zero-order valence-electron chi connectivity index (χ0n) is 11.9. The molecule has 1 aliphatic carbocycles. The van der Waals surface area contributed by atoms with Gasteiger partial charge in [-0.05, 0) is 48.9 Å². The minimum absolute atomic E-state index is 0.262. The average Bonchev–Trinajstić information content (AvgIpc) is 3.26. The third-order valence-corrected chi connectivity index (χ3v) is 4.01. The Morgan fingerprint density at radius 3 is 2.65 bits per heavy atom. The first-order chi connectivity index (χ1) is 9.67. The van der Waals surface area contributed by atoms with E-state index in [1.165, 1.54) is 19.3 Å². The molecule has 108 valence electrons. The fourth-order valence-corrected chi connectivity index (χ4v) is 2.21. The highest BCUT2D eigenvalue weighted by atomic mass is 16.5. The van der Waals surface area contributed by atoms with Gasteiger partial charge in [-0.3, -0.25) is 0 Å². The Hall–Kier alpha value is -1.57. The van der Waals surface area contributed by atoms with Gasteiger partial charge in [0.15, 0.2) is 0 Å². The summed E-state index contributed by atoms with van der Waals surface area (Å²) in [6.07, 6.45) is 3.29. The molecule has 0 aliphatic heterocycles. The molecule has 0 radical (unpaired) electrons. The zero-order chi connectivity index (χ0) is 14.4. The van der Waals surface area contributed by atoms with Crippen LogP contribution >= 0.6 is 0 Å². The molecule has 0 heterocycles. The molecule has 4 nitrogen and oxygen atoms in total. The molecule has 1 unspecified atom stereocenters. The van der Waals surface area contributed by atoms with Crippen LogP contribution in [0.5, 0.6) is 5.75 Å². The summed E-state index contributed by atoms with van der Waals surface area (Å²) < 4.78 is 5.49. The number of aliphatic hydroxyl groups is 1. The summed E-state index contributed by atoms with van der Waals surface area (Å²) in [5, 5.41) is 21.9. The maximum Gasteiger partial charge on any atom is 0.119 e. The summed E-state index contributed by atoms with van der Waals surface area (Å²) in [4.78, 5) is 0. The molecule has 0 saturated heterocycles. The molecule has 1 fully saturated rings. The van der Waals surface area contributed by atoms with Crippen molar-refractivity contribution in [2.24, 2.45) is 5.41 Å². The van der Waals surface area contributed by atoms with Crippen LogP contribution in [-0.4, -0.2) is 30.9 Å². The molecule has 1 atom stereocenters. The van der Waals surface area contributed by atoms with Crippen LogP contribution in [0.4, 0.5) is 0 Å². The molecule has 20 heavy (non-hydrogen) atoms. The Morgan fingerprint density at radius 1 is 1.40 bits per heavy atom. The van der Waals surface area contributed by atoms with Crippen LogP contribution in [0, 0.1) is 16.7 Å². The number of ether oxygens (including phenoxy) is 1. The van der Waals surface area contributed by atoms with E-state index < -0.39 is 6.10 Å². The summed E-state index contributed by atoms with van der Waals surface area (Å²) in [7, 11) is 0. The van der Waals surface area contributed by atoms with Crippen LogP contribution in [0.2, 0.25) is 0 Å². The van der Waals surface area contributed by atoms with Gasteiger partial charge in [0, 0.05) is 13.1 Å². The van der Waals surface area contributed by atoms with Crippen molar-refractivity contribution in [1.82, 2.24) is 5.32 Å². The number of aliphatic hydroxyl groups excluding tert-OH is 1. The van der Waals surface area contributed by atoms with Gasteiger partial charge < -0.3 is 15.2 Å². The lowest BCUT2D eigenvalue weighted by Gasteiger charge is -2.16. The second kappa shape index (κ2) is 6.74. The smallest absolute Gasteiger partial charge is 0.119 e. The molecule has 1 aromatic rings. The second-order valence-corrected chi connectivity index (χ2v) is 5.59. The number of benzene rings is 1. The highest BCUT2D eigenvalue weighted by molar-refractivity contribution is 5.34. The first kappa shape index (κ1) is 14.8. The van der Waals surface area contributed by atoms with Gasteiger partial charge in [0.2, 0.25) is 0 Å². The summed E-state index contributed by atoms with van der Waals surface area (Å²) in [6, 6.07) is 8.96. The Morgan fingerprint density at radius 2 is 2.10 bits per heavy atom. The lowest BCUT2D eigenvalue weighted by molar-refractivity contribution is 0.105. The summed E-state index contributed by atoms with van der Waals surface area (Å²) in [6.45, 7) is 4.02. The van der Waals surface area contributed by atoms with Crippen molar-refractivity contribution < 1.29 is 9.84 Å². The minimum Gasteiger partial charge on any atom is -0.491 e. The van der Waals surface area contributed by atoms with Crippen molar-refractivity contribution in [2.75, 3.05) is 19.7 Å². The molecule has 4 heteroatoms. The van der Waals surface area contributed by atoms with E-state index in [-0.39, 0.29) is 6.61 Å². The standard InChI is InChI=1S/C16H22N2O2/c1-2-16(7-8-16)12-18-10-14(19)11-20-15-5-3-13(9-17)4-6-15/h3-6,14,18-19H,2,7-8,10-12H2,1H3. The third-order valence-electron chi connectivity index (χ3n) is 4.01. The van der Waals surface area contributed by atoms with Crippen molar-refractivity contribution in [3.8, 4) is 11.8 Å². The monoisotopic (exact) mass is 274 g/mol. The van der Waals surface area contributed by atoms with Gasteiger partial charge in [-0.1, -0.05) is 6.92 Å². The Labute approximate surface area is 120 Å². The predicted molar refractivity (Wildman–Crippen MR) is 77.5 cm³/mol. The molecular formula is C16H22N2O2.